The van der Waals surface area contributed by atoms with E-state index in [1.54, 1.807) is 16.2 Å². The van der Waals surface area contributed by atoms with Gasteiger partial charge in [-0.05, 0) is 20.8 Å². The fourth-order valence-electron chi connectivity index (χ4n) is 2.28. The van der Waals surface area contributed by atoms with Crippen LogP contribution in [0.3, 0.4) is 0 Å². The first-order valence-corrected chi connectivity index (χ1v) is 7.55. The number of hydrogen-bond acceptors (Lipinski definition) is 5. The number of aryl methyl sites for hydroxylation is 2. The molecule has 2 rings (SSSR count). The zero-order valence-corrected chi connectivity index (χ0v) is 12.8. The lowest BCUT2D eigenvalue weighted by atomic mass is 10.2. The third kappa shape index (κ3) is 3.34. The predicted molar refractivity (Wildman–Crippen MR) is 77.6 cm³/mol. The lowest BCUT2D eigenvalue weighted by Crippen LogP contribution is -2.51. The Morgan fingerprint density at radius 2 is 2.00 bits per heavy atom. The quantitative estimate of drug-likeness (QED) is 0.773. The standard InChI is InChI=1S/C13H20N4O2S/c1-8-11(20-10(3)15-8)9(2)16-12(18)13(19)17-6-4-14-5-7-17/h9,14H,4-7H2,1-3H3,(H,16,18). The van der Waals surface area contributed by atoms with Crippen molar-refractivity contribution in [2.75, 3.05) is 26.2 Å². The smallest absolute Gasteiger partial charge is 0.311 e. The highest BCUT2D eigenvalue weighted by atomic mass is 32.1. The fourth-order valence-corrected chi connectivity index (χ4v) is 3.21. The highest BCUT2D eigenvalue weighted by Crippen LogP contribution is 2.24. The van der Waals surface area contributed by atoms with Crippen molar-refractivity contribution in [3.63, 3.8) is 0 Å². The molecule has 1 aliphatic heterocycles. The van der Waals surface area contributed by atoms with Gasteiger partial charge in [-0.3, -0.25) is 9.59 Å². The molecule has 1 unspecified atom stereocenters. The average Bonchev–Trinajstić information content (AvgIpc) is 2.78. The monoisotopic (exact) mass is 296 g/mol. The van der Waals surface area contributed by atoms with Gasteiger partial charge >= 0.3 is 11.8 Å². The number of nitrogens with zero attached hydrogens (tertiary/aromatic N) is 2. The minimum absolute atomic E-state index is 0.194. The van der Waals surface area contributed by atoms with Gasteiger partial charge in [0, 0.05) is 31.1 Å². The number of aromatic nitrogens is 1. The third-order valence-corrected chi connectivity index (χ3v) is 4.53. The van der Waals surface area contributed by atoms with Crippen LogP contribution < -0.4 is 10.6 Å². The zero-order valence-electron chi connectivity index (χ0n) is 12.0. The lowest BCUT2D eigenvalue weighted by Gasteiger charge is -2.27. The molecular weight excluding hydrogens is 276 g/mol. The molecule has 1 aliphatic rings. The van der Waals surface area contributed by atoms with Crippen LogP contribution in [-0.2, 0) is 9.59 Å². The van der Waals surface area contributed by atoms with Gasteiger partial charge in [0.05, 0.1) is 16.7 Å². The van der Waals surface area contributed by atoms with Crippen molar-refractivity contribution < 1.29 is 9.59 Å². The summed E-state index contributed by atoms with van der Waals surface area (Å²) in [5.41, 5.74) is 0.912. The molecule has 7 heteroatoms. The summed E-state index contributed by atoms with van der Waals surface area (Å²) in [4.78, 5) is 31.0. The molecule has 110 valence electrons. The van der Waals surface area contributed by atoms with Crippen LogP contribution in [0.5, 0.6) is 0 Å². The van der Waals surface area contributed by atoms with Gasteiger partial charge in [-0.2, -0.15) is 0 Å². The van der Waals surface area contributed by atoms with Crippen molar-refractivity contribution in [3.8, 4) is 0 Å². The number of nitrogens with one attached hydrogen (secondary N) is 2. The van der Waals surface area contributed by atoms with Gasteiger partial charge in [-0.1, -0.05) is 0 Å². The van der Waals surface area contributed by atoms with Gasteiger partial charge in [0.1, 0.15) is 0 Å². The first-order chi connectivity index (χ1) is 9.49. The van der Waals surface area contributed by atoms with E-state index in [2.05, 4.69) is 15.6 Å². The number of piperazine rings is 1. The number of amides is 2. The molecule has 0 bridgehead atoms. The summed E-state index contributed by atoms with van der Waals surface area (Å²) < 4.78 is 0. The molecule has 0 saturated carbocycles. The lowest BCUT2D eigenvalue weighted by molar-refractivity contribution is -0.146. The van der Waals surface area contributed by atoms with Gasteiger partial charge in [-0.15, -0.1) is 11.3 Å². The molecule has 2 N–H and O–H groups in total. The number of hydrogen-bond donors (Lipinski definition) is 2. The second-order valence-corrected chi connectivity index (χ2v) is 6.15. The normalized spacial score (nSPS) is 16.9. The van der Waals surface area contributed by atoms with Crippen LogP contribution in [0.15, 0.2) is 0 Å². The van der Waals surface area contributed by atoms with Crippen molar-refractivity contribution in [1.29, 1.82) is 0 Å². The SMILES string of the molecule is Cc1nc(C)c(C(C)NC(=O)C(=O)N2CCNCC2)s1. The Hall–Kier alpha value is -1.47. The second-order valence-electron chi connectivity index (χ2n) is 4.92. The maximum Gasteiger partial charge on any atom is 0.311 e. The van der Waals surface area contributed by atoms with E-state index in [0.29, 0.717) is 13.1 Å². The minimum Gasteiger partial charge on any atom is -0.340 e. The number of carbonyl (C=O) groups excluding carboxylic acids is 2. The molecule has 1 atom stereocenters. The van der Waals surface area contributed by atoms with Gasteiger partial charge in [0.15, 0.2) is 0 Å². The van der Waals surface area contributed by atoms with E-state index in [0.717, 1.165) is 28.7 Å². The zero-order chi connectivity index (χ0) is 14.7. The molecule has 1 aromatic rings. The van der Waals surface area contributed by atoms with E-state index < -0.39 is 11.8 Å². The number of carbonyl (C=O) groups is 2. The van der Waals surface area contributed by atoms with Crippen molar-refractivity contribution in [1.82, 2.24) is 20.5 Å². The number of thiazole rings is 1. The van der Waals surface area contributed by atoms with Gasteiger partial charge in [0.2, 0.25) is 0 Å². The molecule has 6 nitrogen and oxygen atoms in total. The van der Waals surface area contributed by atoms with Gasteiger partial charge in [0.25, 0.3) is 0 Å². The van der Waals surface area contributed by atoms with Crippen LogP contribution in [0.1, 0.15) is 28.5 Å². The van der Waals surface area contributed by atoms with Crippen molar-refractivity contribution in [2.24, 2.45) is 0 Å². The predicted octanol–water partition coefficient (Wildman–Crippen LogP) is 0.369. The van der Waals surface area contributed by atoms with Crippen LogP contribution in [0, 0.1) is 13.8 Å². The Labute approximate surface area is 122 Å². The molecule has 1 saturated heterocycles. The molecule has 0 spiro atoms. The van der Waals surface area contributed by atoms with Crippen LogP contribution in [0.2, 0.25) is 0 Å². The summed E-state index contributed by atoms with van der Waals surface area (Å²) >= 11 is 1.55. The summed E-state index contributed by atoms with van der Waals surface area (Å²) in [7, 11) is 0. The van der Waals surface area contributed by atoms with E-state index in [4.69, 9.17) is 0 Å². The van der Waals surface area contributed by atoms with E-state index in [9.17, 15) is 9.59 Å². The molecule has 20 heavy (non-hydrogen) atoms. The highest BCUT2D eigenvalue weighted by Gasteiger charge is 2.25. The Morgan fingerprint density at radius 3 is 2.55 bits per heavy atom. The molecule has 2 heterocycles. The maximum atomic E-state index is 12.0. The summed E-state index contributed by atoms with van der Waals surface area (Å²) in [5, 5.41) is 6.89. The molecule has 0 aliphatic carbocycles. The van der Waals surface area contributed by atoms with Crippen molar-refractivity contribution >= 4 is 23.2 Å². The van der Waals surface area contributed by atoms with Crippen LogP contribution in [0.25, 0.3) is 0 Å². The summed E-state index contributed by atoms with van der Waals surface area (Å²) in [5.74, 6) is -0.984. The van der Waals surface area contributed by atoms with E-state index >= 15 is 0 Å². The molecular formula is C13H20N4O2S. The third-order valence-electron chi connectivity index (χ3n) is 3.28. The fraction of sp³-hybridized carbons (Fsp3) is 0.615. The molecule has 2 amide bonds. The Bertz CT molecular complexity index is 508. The second kappa shape index (κ2) is 6.32. The Morgan fingerprint density at radius 1 is 1.35 bits per heavy atom. The summed E-state index contributed by atoms with van der Waals surface area (Å²) in [6, 6.07) is -0.194. The van der Waals surface area contributed by atoms with Crippen LogP contribution in [0.4, 0.5) is 0 Å². The van der Waals surface area contributed by atoms with E-state index in [1.165, 1.54) is 0 Å². The summed E-state index contributed by atoms with van der Waals surface area (Å²) in [6.07, 6.45) is 0. The van der Waals surface area contributed by atoms with Gasteiger partial charge in [-0.25, -0.2) is 4.98 Å². The van der Waals surface area contributed by atoms with Crippen molar-refractivity contribution in [2.45, 2.75) is 26.8 Å². The first-order valence-electron chi connectivity index (χ1n) is 6.73. The first kappa shape index (κ1) is 14.9. The van der Waals surface area contributed by atoms with Gasteiger partial charge < -0.3 is 15.5 Å². The highest BCUT2D eigenvalue weighted by molar-refractivity contribution is 7.11. The maximum absolute atomic E-state index is 12.0. The van der Waals surface area contributed by atoms with Crippen LogP contribution >= 0.6 is 11.3 Å². The topological polar surface area (TPSA) is 74.3 Å². The number of rotatable bonds is 2. The Balaban J connectivity index is 1.96. The molecule has 1 aromatic heterocycles. The average molecular weight is 296 g/mol. The van der Waals surface area contributed by atoms with E-state index in [1.807, 2.05) is 20.8 Å². The van der Waals surface area contributed by atoms with Crippen LogP contribution in [-0.4, -0.2) is 47.9 Å². The molecule has 0 radical (unpaired) electrons. The minimum atomic E-state index is -0.537. The molecule has 1 fully saturated rings. The Kier molecular flexibility index (Phi) is 4.72. The van der Waals surface area contributed by atoms with Crippen molar-refractivity contribution in [3.05, 3.63) is 15.6 Å². The summed E-state index contributed by atoms with van der Waals surface area (Å²) in [6.45, 7) is 8.37. The van der Waals surface area contributed by atoms with E-state index in [-0.39, 0.29) is 6.04 Å². The largest absolute Gasteiger partial charge is 0.340 e. The molecule has 0 aromatic carbocycles.